The van der Waals surface area contributed by atoms with Crippen molar-refractivity contribution in [3.63, 3.8) is 0 Å². The molecule has 1 aliphatic rings. The zero-order valence-electron chi connectivity index (χ0n) is 14.5. The molecule has 24 heavy (non-hydrogen) atoms. The van der Waals surface area contributed by atoms with Crippen molar-refractivity contribution in [1.82, 2.24) is 4.98 Å². The van der Waals surface area contributed by atoms with Crippen LogP contribution in [0.4, 0.5) is 5.69 Å². The van der Waals surface area contributed by atoms with Crippen molar-refractivity contribution in [1.29, 1.82) is 0 Å². The second kappa shape index (κ2) is 6.30. The van der Waals surface area contributed by atoms with Gasteiger partial charge in [-0.15, -0.1) is 0 Å². The lowest BCUT2D eigenvalue weighted by Gasteiger charge is -2.26. The first kappa shape index (κ1) is 17.1. The molecule has 1 aromatic carbocycles. The van der Waals surface area contributed by atoms with Gasteiger partial charge in [-0.3, -0.25) is 4.98 Å². The summed E-state index contributed by atoms with van der Waals surface area (Å²) in [6, 6.07) is 9.87. The predicted octanol–water partition coefficient (Wildman–Crippen LogP) is 4.18. The van der Waals surface area contributed by atoms with Gasteiger partial charge in [-0.05, 0) is 43.5 Å². The third-order valence-corrected chi connectivity index (χ3v) is 5.11. The minimum atomic E-state index is -2.20. The molecule has 0 aliphatic heterocycles. The molecule has 0 atom stereocenters. The SMILES string of the molecule is Cc1ccc(C2(O)CCCC2)c(-c2ccc(N=S(C)(C)=O)cn2)c1. The first-order valence-corrected chi connectivity index (χ1v) is 10.6. The smallest absolute Gasteiger partial charge is 0.0913 e. The van der Waals surface area contributed by atoms with Crippen molar-refractivity contribution in [3.05, 3.63) is 47.7 Å². The summed E-state index contributed by atoms with van der Waals surface area (Å²) in [5, 5.41) is 11.0. The highest BCUT2D eigenvalue weighted by atomic mass is 32.2. The first-order valence-electron chi connectivity index (χ1n) is 8.24. The molecule has 1 saturated carbocycles. The van der Waals surface area contributed by atoms with Gasteiger partial charge in [0.25, 0.3) is 0 Å². The highest BCUT2D eigenvalue weighted by molar-refractivity contribution is 7.92. The summed E-state index contributed by atoms with van der Waals surface area (Å²) in [6.07, 6.45) is 8.55. The van der Waals surface area contributed by atoms with Crippen molar-refractivity contribution >= 4 is 15.4 Å². The average Bonchev–Trinajstić information content (AvgIpc) is 2.94. The minimum Gasteiger partial charge on any atom is -0.385 e. The largest absolute Gasteiger partial charge is 0.385 e. The number of aliphatic hydroxyl groups is 1. The zero-order chi connectivity index (χ0) is 17.4. The van der Waals surface area contributed by atoms with Gasteiger partial charge >= 0.3 is 0 Å². The summed E-state index contributed by atoms with van der Waals surface area (Å²) in [5.74, 6) is 0. The summed E-state index contributed by atoms with van der Waals surface area (Å²) in [7, 11) is -2.20. The van der Waals surface area contributed by atoms with E-state index >= 15 is 0 Å². The highest BCUT2D eigenvalue weighted by Gasteiger charge is 2.35. The van der Waals surface area contributed by atoms with E-state index in [-0.39, 0.29) is 0 Å². The quantitative estimate of drug-likeness (QED) is 0.908. The fourth-order valence-corrected chi connectivity index (χ4v) is 3.97. The Balaban J connectivity index is 2.06. The van der Waals surface area contributed by atoms with E-state index in [0.29, 0.717) is 5.69 Å². The number of aromatic nitrogens is 1. The summed E-state index contributed by atoms with van der Waals surface area (Å²) >= 11 is 0. The molecule has 5 heteroatoms. The fraction of sp³-hybridized carbons (Fsp3) is 0.421. The maximum atomic E-state index is 11.8. The third-order valence-electron chi connectivity index (χ3n) is 4.46. The Labute approximate surface area is 144 Å². The van der Waals surface area contributed by atoms with E-state index in [0.717, 1.165) is 48.1 Å². The molecular weight excluding hydrogens is 320 g/mol. The normalized spacial score (nSPS) is 17.0. The van der Waals surface area contributed by atoms with Crippen LogP contribution < -0.4 is 0 Å². The molecule has 1 heterocycles. The maximum Gasteiger partial charge on any atom is 0.0913 e. The Bertz CT molecular complexity index is 851. The molecule has 1 aliphatic carbocycles. The van der Waals surface area contributed by atoms with Crippen LogP contribution in [0.3, 0.4) is 0 Å². The fourth-order valence-electron chi connectivity index (χ4n) is 3.36. The molecule has 0 amide bonds. The molecule has 0 unspecified atom stereocenters. The van der Waals surface area contributed by atoms with Crippen LogP contribution >= 0.6 is 0 Å². The van der Waals surface area contributed by atoms with E-state index in [2.05, 4.69) is 15.4 Å². The van der Waals surface area contributed by atoms with Gasteiger partial charge in [-0.25, -0.2) is 4.21 Å². The molecule has 1 aromatic heterocycles. The molecule has 2 aromatic rings. The minimum absolute atomic E-state index is 0.613. The van der Waals surface area contributed by atoms with Gasteiger partial charge < -0.3 is 5.11 Å². The Morgan fingerprint density at radius 3 is 2.46 bits per heavy atom. The van der Waals surface area contributed by atoms with E-state index in [4.69, 9.17) is 0 Å². The number of aryl methyl sites for hydroxylation is 1. The number of hydrogen-bond donors (Lipinski definition) is 1. The maximum absolute atomic E-state index is 11.8. The molecule has 0 bridgehead atoms. The van der Waals surface area contributed by atoms with Gasteiger partial charge in [0.2, 0.25) is 0 Å². The van der Waals surface area contributed by atoms with Crippen LogP contribution in [0, 0.1) is 6.92 Å². The highest BCUT2D eigenvalue weighted by Crippen LogP contribution is 2.42. The van der Waals surface area contributed by atoms with E-state index < -0.39 is 15.3 Å². The molecule has 3 rings (SSSR count). The van der Waals surface area contributed by atoms with Crippen molar-refractivity contribution in [2.24, 2.45) is 4.36 Å². The second-order valence-electron chi connectivity index (χ2n) is 6.96. The Morgan fingerprint density at radius 2 is 1.88 bits per heavy atom. The summed E-state index contributed by atoms with van der Waals surface area (Å²) in [4.78, 5) is 4.51. The van der Waals surface area contributed by atoms with E-state index in [1.165, 1.54) is 0 Å². The Morgan fingerprint density at radius 1 is 1.17 bits per heavy atom. The van der Waals surface area contributed by atoms with Crippen LogP contribution in [0.2, 0.25) is 0 Å². The van der Waals surface area contributed by atoms with Crippen LogP contribution in [-0.4, -0.2) is 26.8 Å². The zero-order valence-corrected chi connectivity index (χ0v) is 15.3. The van der Waals surface area contributed by atoms with E-state index in [1.54, 1.807) is 18.7 Å². The van der Waals surface area contributed by atoms with Crippen molar-refractivity contribution < 1.29 is 9.32 Å². The van der Waals surface area contributed by atoms with Crippen LogP contribution in [0.15, 0.2) is 40.9 Å². The van der Waals surface area contributed by atoms with Crippen molar-refractivity contribution in [2.45, 2.75) is 38.2 Å². The molecule has 0 saturated heterocycles. The van der Waals surface area contributed by atoms with Gasteiger partial charge in [0.05, 0.1) is 23.2 Å². The van der Waals surface area contributed by atoms with Gasteiger partial charge in [-0.1, -0.05) is 30.5 Å². The van der Waals surface area contributed by atoms with Crippen molar-refractivity contribution in [2.75, 3.05) is 12.5 Å². The molecule has 4 nitrogen and oxygen atoms in total. The number of hydrogen-bond acceptors (Lipinski definition) is 4. The number of nitrogens with zero attached hydrogens (tertiary/aromatic N) is 2. The molecule has 0 radical (unpaired) electrons. The van der Waals surface area contributed by atoms with Crippen molar-refractivity contribution in [3.8, 4) is 11.3 Å². The average molecular weight is 344 g/mol. The van der Waals surface area contributed by atoms with Gasteiger partial charge in [0.1, 0.15) is 0 Å². The van der Waals surface area contributed by atoms with Gasteiger partial charge in [-0.2, -0.15) is 4.36 Å². The number of pyridine rings is 1. The lowest BCUT2D eigenvalue weighted by molar-refractivity contribution is 0.0450. The second-order valence-corrected chi connectivity index (χ2v) is 9.51. The summed E-state index contributed by atoms with van der Waals surface area (Å²) in [6.45, 7) is 2.04. The molecule has 1 fully saturated rings. The van der Waals surface area contributed by atoms with Crippen LogP contribution in [-0.2, 0) is 15.3 Å². The van der Waals surface area contributed by atoms with E-state index in [1.807, 2.05) is 31.2 Å². The monoisotopic (exact) mass is 344 g/mol. The topological polar surface area (TPSA) is 62.6 Å². The van der Waals surface area contributed by atoms with Gasteiger partial charge in [0.15, 0.2) is 0 Å². The molecular formula is C19H24N2O2S. The summed E-state index contributed by atoms with van der Waals surface area (Å²) < 4.78 is 16.0. The third kappa shape index (κ3) is 3.68. The van der Waals surface area contributed by atoms with E-state index in [9.17, 15) is 9.32 Å². The first-order chi connectivity index (χ1) is 11.3. The standard InChI is InChI=1S/C19H24N2O2S/c1-14-6-8-17(19(22)10-4-5-11-19)16(12-14)18-9-7-15(13-20-18)21-24(2,3)23/h6-9,12-13,22H,4-5,10-11H2,1-3H3. The molecule has 128 valence electrons. The van der Waals surface area contributed by atoms with Crippen LogP contribution in [0.5, 0.6) is 0 Å². The lowest BCUT2D eigenvalue weighted by atomic mass is 9.86. The molecule has 0 spiro atoms. The van der Waals surface area contributed by atoms with Crippen LogP contribution in [0.25, 0.3) is 11.3 Å². The predicted molar refractivity (Wildman–Crippen MR) is 98.9 cm³/mol. The molecule has 1 N–H and O–H groups in total. The Hall–Kier alpha value is -1.72. The number of rotatable bonds is 3. The lowest BCUT2D eigenvalue weighted by Crippen LogP contribution is -2.22. The Kier molecular flexibility index (Phi) is 4.49. The van der Waals surface area contributed by atoms with Crippen LogP contribution in [0.1, 0.15) is 36.8 Å². The van der Waals surface area contributed by atoms with Gasteiger partial charge in [0, 0.05) is 27.8 Å². The number of benzene rings is 1. The summed E-state index contributed by atoms with van der Waals surface area (Å²) in [5.41, 5.74) is 3.73.